The first kappa shape index (κ1) is 23.1. The zero-order chi connectivity index (χ0) is 23.1. The number of carbonyl (C=O) groups is 2. The molecule has 3 rings (SSSR count). The smallest absolute Gasteiger partial charge is 0.336 e. The Morgan fingerprint density at radius 1 is 0.844 bits per heavy atom. The van der Waals surface area contributed by atoms with Crippen LogP contribution in [0.2, 0.25) is 0 Å². The minimum absolute atomic E-state index is 0.227. The van der Waals surface area contributed by atoms with Crippen molar-refractivity contribution < 1.29 is 23.8 Å². The first-order valence-corrected chi connectivity index (χ1v) is 10.8. The van der Waals surface area contributed by atoms with Crippen LogP contribution in [0, 0.1) is 6.92 Å². The Kier molecular flexibility index (Phi) is 7.71. The van der Waals surface area contributed by atoms with Crippen molar-refractivity contribution in [1.29, 1.82) is 0 Å². The second kappa shape index (κ2) is 10.7. The summed E-state index contributed by atoms with van der Waals surface area (Å²) >= 11 is 0. The van der Waals surface area contributed by atoms with Gasteiger partial charge in [-0.15, -0.1) is 0 Å². The molecular formula is C26H29NO5. The second-order valence-electron chi connectivity index (χ2n) is 7.29. The summed E-state index contributed by atoms with van der Waals surface area (Å²) in [6, 6.07) is 15.2. The molecular weight excluding hydrogens is 406 g/mol. The van der Waals surface area contributed by atoms with E-state index in [-0.39, 0.29) is 13.2 Å². The van der Waals surface area contributed by atoms with Gasteiger partial charge >= 0.3 is 11.9 Å². The monoisotopic (exact) mass is 435 g/mol. The molecule has 0 N–H and O–H groups in total. The Bertz CT molecular complexity index is 987. The Morgan fingerprint density at radius 3 is 1.97 bits per heavy atom. The van der Waals surface area contributed by atoms with E-state index < -0.39 is 17.9 Å². The van der Waals surface area contributed by atoms with Crippen molar-refractivity contribution in [3.05, 3.63) is 83.2 Å². The highest BCUT2D eigenvalue weighted by Crippen LogP contribution is 2.39. The first-order valence-electron chi connectivity index (χ1n) is 10.8. The van der Waals surface area contributed by atoms with Gasteiger partial charge in [-0.1, -0.05) is 29.8 Å². The summed E-state index contributed by atoms with van der Waals surface area (Å²) in [5, 5.41) is 0. The summed E-state index contributed by atoms with van der Waals surface area (Å²) in [5.74, 6) is -0.940. The van der Waals surface area contributed by atoms with E-state index >= 15 is 0 Å². The average Bonchev–Trinajstić information content (AvgIpc) is 2.79. The molecule has 0 saturated heterocycles. The summed E-state index contributed by atoms with van der Waals surface area (Å²) in [7, 11) is 0. The fourth-order valence-electron chi connectivity index (χ4n) is 3.60. The number of hydrogen-bond donors (Lipinski definition) is 0. The molecule has 0 saturated carbocycles. The molecule has 0 aromatic heterocycles. The van der Waals surface area contributed by atoms with Crippen LogP contribution in [0.15, 0.2) is 72.1 Å². The second-order valence-corrected chi connectivity index (χ2v) is 7.29. The molecule has 1 heterocycles. The maximum atomic E-state index is 13.0. The van der Waals surface area contributed by atoms with Crippen LogP contribution < -0.4 is 9.64 Å². The minimum Gasteiger partial charge on any atom is -0.494 e. The van der Waals surface area contributed by atoms with Gasteiger partial charge in [0.1, 0.15) is 5.75 Å². The van der Waals surface area contributed by atoms with Gasteiger partial charge in [-0.05, 0) is 57.5 Å². The van der Waals surface area contributed by atoms with Crippen LogP contribution in [-0.2, 0) is 19.1 Å². The van der Waals surface area contributed by atoms with Crippen molar-refractivity contribution >= 4 is 17.6 Å². The van der Waals surface area contributed by atoms with E-state index in [0.29, 0.717) is 23.5 Å². The molecule has 0 radical (unpaired) electrons. The summed E-state index contributed by atoms with van der Waals surface area (Å²) in [5.41, 5.74) is 3.39. The average molecular weight is 436 g/mol. The molecule has 2 aromatic carbocycles. The molecule has 0 bridgehead atoms. The number of benzene rings is 2. The zero-order valence-electron chi connectivity index (χ0n) is 19.0. The van der Waals surface area contributed by atoms with Crippen LogP contribution in [0.1, 0.15) is 37.8 Å². The van der Waals surface area contributed by atoms with Gasteiger partial charge in [0.05, 0.1) is 36.9 Å². The Morgan fingerprint density at radius 2 is 1.44 bits per heavy atom. The zero-order valence-corrected chi connectivity index (χ0v) is 19.0. The predicted octanol–water partition coefficient (Wildman–Crippen LogP) is 4.89. The normalized spacial score (nSPS) is 13.8. The summed E-state index contributed by atoms with van der Waals surface area (Å²) in [6.45, 7) is 8.38. The van der Waals surface area contributed by atoms with Crippen LogP contribution >= 0.6 is 0 Å². The number of nitrogens with zero attached hydrogens (tertiary/aromatic N) is 1. The van der Waals surface area contributed by atoms with Crippen LogP contribution in [0.25, 0.3) is 0 Å². The first-order chi connectivity index (χ1) is 15.5. The number of anilines is 1. The van der Waals surface area contributed by atoms with Gasteiger partial charge in [0.15, 0.2) is 0 Å². The maximum absolute atomic E-state index is 13.0. The molecule has 2 aromatic rings. The molecule has 1 aliphatic rings. The molecule has 6 heteroatoms. The topological polar surface area (TPSA) is 65.1 Å². The molecule has 168 valence electrons. The predicted molar refractivity (Wildman–Crippen MR) is 123 cm³/mol. The van der Waals surface area contributed by atoms with Crippen molar-refractivity contribution in [2.24, 2.45) is 0 Å². The van der Waals surface area contributed by atoms with Crippen molar-refractivity contribution in [3.8, 4) is 5.75 Å². The van der Waals surface area contributed by atoms with E-state index in [9.17, 15) is 9.59 Å². The molecule has 0 spiro atoms. The molecule has 0 fully saturated rings. The minimum atomic E-state index is -0.643. The lowest BCUT2D eigenvalue weighted by Gasteiger charge is -2.30. The van der Waals surface area contributed by atoms with E-state index in [1.165, 1.54) is 0 Å². The standard InChI is InChI=1S/C26H29NO5/c1-5-30-21-10-8-9-19(15-21)24-22(25(28)31-6-2)16-27(17-23(24)26(29)32-7-3)20-13-11-18(4)12-14-20/h8-17,24H,5-7H2,1-4H3. The van der Waals surface area contributed by atoms with Gasteiger partial charge in [0, 0.05) is 18.1 Å². The van der Waals surface area contributed by atoms with Crippen molar-refractivity contribution in [2.75, 3.05) is 24.7 Å². The number of ether oxygens (including phenoxy) is 3. The highest BCUT2D eigenvalue weighted by molar-refractivity contribution is 6.00. The molecule has 32 heavy (non-hydrogen) atoms. The molecule has 0 aliphatic carbocycles. The molecule has 0 atom stereocenters. The molecule has 0 amide bonds. The van der Waals surface area contributed by atoms with Crippen LogP contribution in [0.3, 0.4) is 0 Å². The highest BCUT2D eigenvalue weighted by Gasteiger charge is 2.36. The van der Waals surface area contributed by atoms with Gasteiger partial charge in [0.25, 0.3) is 0 Å². The third-order valence-electron chi connectivity index (χ3n) is 5.04. The third-order valence-corrected chi connectivity index (χ3v) is 5.04. The Labute approximate surface area is 189 Å². The van der Waals surface area contributed by atoms with E-state index in [1.807, 2.05) is 62.4 Å². The lowest BCUT2D eigenvalue weighted by Crippen LogP contribution is -2.29. The van der Waals surface area contributed by atoms with Gasteiger partial charge < -0.3 is 19.1 Å². The third kappa shape index (κ3) is 5.19. The van der Waals surface area contributed by atoms with Gasteiger partial charge in [-0.3, -0.25) is 0 Å². The fourth-order valence-corrected chi connectivity index (χ4v) is 3.60. The van der Waals surface area contributed by atoms with Crippen molar-refractivity contribution in [1.82, 2.24) is 0 Å². The summed E-state index contributed by atoms with van der Waals surface area (Å²) in [4.78, 5) is 27.8. The van der Waals surface area contributed by atoms with Gasteiger partial charge in [-0.25, -0.2) is 9.59 Å². The Hall–Kier alpha value is -3.54. The lowest BCUT2D eigenvalue weighted by atomic mass is 9.83. The van der Waals surface area contributed by atoms with E-state index in [2.05, 4.69) is 0 Å². The SMILES string of the molecule is CCOC(=O)C1=CN(c2ccc(C)cc2)C=C(C(=O)OCC)C1c1cccc(OCC)c1. The fraction of sp³-hybridized carbons (Fsp3) is 0.308. The number of esters is 2. The highest BCUT2D eigenvalue weighted by atomic mass is 16.5. The van der Waals surface area contributed by atoms with Crippen molar-refractivity contribution in [2.45, 2.75) is 33.6 Å². The van der Waals surface area contributed by atoms with E-state index in [1.54, 1.807) is 31.1 Å². The quantitative estimate of drug-likeness (QED) is 0.550. The van der Waals surface area contributed by atoms with Crippen LogP contribution in [0.4, 0.5) is 5.69 Å². The van der Waals surface area contributed by atoms with Crippen LogP contribution in [0.5, 0.6) is 5.75 Å². The largest absolute Gasteiger partial charge is 0.494 e. The van der Waals surface area contributed by atoms with E-state index in [4.69, 9.17) is 14.2 Å². The van der Waals surface area contributed by atoms with E-state index in [0.717, 1.165) is 16.8 Å². The summed E-state index contributed by atoms with van der Waals surface area (Å²) < 4.78 is 16.4. The lowest BCUT2D eigenvalue weighted by molar-refractivity contribution is -0.139. The van der Waals surface area contributed by atoms with Gasteiger partial charge in [-0.2, -0.15) is 0 Å². The molecule has 1 aliphatic heterocycles. The van der Waals surface area contributed by atoms with Crippen molar-refractivity contribution in [3.63, 3.8) is 0 Å². The molecule has 6 nitrogen and oxygen atoms in total. The maximum Gasteiger partial charge on any atom is 0.336 e. The Balaban J connectivity index is 2.16. The summed E-state index contributed by atoms with van der Waals surface area (Å²) in [6.07, 6.45) is 3.45. The number of carbonyl (C=O) groups excluding carboxylic acids is 2. The number of rotatable bonds is 8. The van der Waals surface area contributed by atoms with Gasteiger partial charge in [0.2, 0.25) is 0 Å². The number of aryl methyl sites for hydroxylation is 1. The number of hydrogen-bond acceptors (Lipinski definition) is 6. The molecule has 0 unspecified atom stereocenters. The van der Waals surface area contributed by atoms with Crippen LogP contribution in [-0.4, -0.2) is 31.8 Å².